The number of fused-ring (bicyclic) bond motifs is 2. The number of ether oxygens (including phenoxy) is 1. The maximum atomic E-state index is 12.6. The number of halogens is 1. The Hall–Kier alpha value is -5.02. The highest BCUT2D eigenvalue weighted by molar-refractivity contribution is 6.25. The van der Waals surface area contributed by atoms with E-state index < -0.39 is 0 Å². The number of benzene rings is 2. The number of aromatic nitrogens is 4. The molecule has 0 bridgehead atoms. The van der Waals surface area contributed by atoms with Crippen molar-refractivity contribution in [3.05, 3.63) is 71.2 Å². The summed E-state index contributed by atoms with van der Waals surface area (Å²) in [5.74, 6) is 0.361. The van der Waals surface area contributed by atoms with E-state index in [9.17, 15) is 14.4 Å². The van der Waals surface area contributed by atoms with Gasteiger partial charge in [-0.2, -0.15) is 10.4 Å². The van der Waals surface area contributed by atoms with E-state index in [0.29, 0.717) is 39.4 Å². The maximum Gasteiger partial charge on any atom is 0.272 e. The molecule has 0 saturated heterocycles. The van der Waals surface area contributed by atoms with Gasteiger partial charge in [-0.05, 0) is 36.8 Å². The van der Waals surface area contributed by atoms with Crippen LogP contribution in [-0.4, -0.2) is 44.0 Å². The molecule has 1 aliphatic heterocycles. The zero-order chi connectivity index (χ0) is 27.2. The number of amides is 2. The molecule has 0 fully saturated rings. The van der Waals surface area contributed by atoms with Gasteiger partial charge in [0.2, 0.25) is 0 Å². The number of aryl methyl sites for hydroxylation is 1. The topological polar surface area (TPSA) is 164 Å². The lowest BCUT2D eigenvalue weighted by Crippen LogP contribution is -2.26. The van der Waals surface area contributed by atoms with Crippen molar-refractivity contribution in [2.24, 2.45) is 7.05 Å². The average molecular weight is 533 g/mol. The van der Waals surface area contributed by atoms with Gasteiger partial charge in [-0.25, -0.2) is 9.97 Å². The van der Waals surface area contributed by atoms with Crippen molar-refractivity contribution in [3.8, 4) is 11.8 Å². The number of hydrogen-bond acceptors (Lipinski definition) is 9. The molecule has 2 aromatic heterocycles. The van der Waals surface area contributed by atoms with E-state index >= 15 is 0 Å². The summed E-state index contributed by atoms with van der Waals surface area (Å²) in [6.45, 7) is 1.74. The third-order valence-electron chi connectivity index (χ3n) is 5.48. The number of carbonyl (C=O) groups is 3. The van der Waals surface area contributed by atoms with Gasteiger partial charge in [0.05, 0.1) is 17.3 Å². The minimum Gasteiger partial charge on any atom is -0.482 e. The van der Waals surface area contributed by atoms with Gasteiger partial charge in [0.1, 0.15) is 23.1 Å². The number of rotatable bonds is 5. The predicted molar refractivity (Wildman–Crippen MR) is 139 cm³/mol. The van der Waals surface area contributed by atoms with Gasteiger partial charge < -0.3 is 15.4 Å². The van der Waals surface area contributed by atoms with Gasteiger partial charge in [-0.1, -0.05) is 18.2 Å². The molecule has 0 radical (unpaired) electrons. The first kappa shape index (κ1) is 26.1. The summed E-state index contributed by atoms with van der Waals surface area (Å²) in [4.78, 5) is 45.4. The SMILES string of the molecule is CC(=O)c1ccc(C#N)cc1.Cn1nc(NCl)c2ncnc(C(=O)NCc3ccc4c(c3)NC(=O)CO4)c21. The molecule has 0 saturated carbocycles. The molecule has 5 rings (SSSR count). The van der Waals surface area contributed by atoms with Crippen LogP contribution in [0.1, 0.15) is 38.9 Å². The number of nitrogens with zero attached hydrogens (tertiary/aromatic N) is 5. The molecular weight excluding hydrogens is 512 g/mol. The minimum absolute atomic E-state index is 0.00333. The van der Waals surface area contributed by atoms with Crippen LogP contribution in [0.25, 0.3) is 11.0 Å². The summed E-state index contributed by atoms with van der Waals surface area (Å²) in [7, 11) is 1.67. The van der Waals surface area contributed by atoms with Crippen LogP contribution in [0.2, 0.25) is 0 Å². The zero-order valence-corrected chi connectivity index (χ0v) is 21.0. The number of hydrogen-bond donors (Lipinski definition) is 3. The van der Waals surface area contributed by atoms with Gasteiger partial charge in [0.15, 0.2) is 23.9 Å². The van der Waals surface area contributed by atoms with Crippen molar-refractivity contribution < 1.29 is 19.1 Å². The standard InChI is InChI=1S/C16H14ClN7O3.C9H7NO/c1-24-14-12(15(22-17)23-24)19-7-20-13(14)16(26)18-5-8-2-3-10-9(4-8)21-11(25)6-27-10;1-7(11)9-4-2-8(6-10)3-5-9/h2-4,7H,5-6H2,1H3,(H,18,26)(H,21,25)(H,22,23);2-5H,1H3. The van der Waals surface area contributed by atoms with Gasteiger partial charge in [-0.15, -0.1) is 0 Å². The number of ketones is 1. The minimum atomic E-state index is -0.385. The Morgan fingerprint density at radius 1 is 1.21 bits per heavy atom. The van der Waals surface area contributed by atoms with Crippen LogP contribution in [0.4, 0.5) is 11.5 Å². The molecule has 2 amide bonds. The van der Waals surface area contributed by atoms with Gasteiger partial charge in [0.25, 0.3) is 11.8 Å². The summed E-state index contributed by atoms with van der Waals surface area (Å²) in [6, 6.07) is 13.9. The quantitative estimate of drug-likeness (QED) is 0.259. The summed E-state index contributed by atoms with van der Waals surface area (Å²) in [6.07, 6.45) is 1.28. The van der Waals surface area contributed by atoms with Crippen LogP contribution in [0, 0.1) is 11.3 Å². The molecule has 192 valence electrons. The molecule has 13 heteroatoms. The van der Waals surface area contributed by atoms with E-state index in [1.165, 1.54) is 17.9 Å². The Bertz CT molecular complexity index is 1580. The van der Waals surface area contributed by atoms with Crippen molar-refractivity contribution in [3.63, 3.8) is 0 Å². The van der Waals surface area contributed by atoms with Gasteiger partial charge in [0, 0.05) is 30.9 Å². The van der Waals surface area contributed by atoms with Gasteiger partial charge in [-0.3, -0.25) is 23.9 Å². The van der Waals surface area contributed by atoms with Crippen molar-refractivity contribution in [2.45, 2.75) is 13.5 Å². The molecule has 3 heterocycles. The largest absolute Gasteiger partial charge is 0.482 e. The lowest BCUT2D eigenvalue weighted by Gasteiger charge is -2.18. The number of nitrogens with one attached hydrogen (secondary N) is 3. The molecule has 0 unspecified atom stereocenters. The third kappa shape index (κ3) is 5.69. The van der Waals surface area contributed by atoms with Crippen LogP contribution in [-0.2, 0) is 18.4 Å². The fraction of sp³-hybridized carbons (Fsp3) is 0.160. The number of anilines is 2. The van der Waals surface area contributed by atoms with E-state index in [1.54, 1.807) is 43.4 Å². The monoisotopic (exact) mass is 532 g/mol. The second kappa shape index (κ2) is 11.4. The molecule has 0 spiro atoms. The Balaban J connectivity index is 0.000000257. The first-order chi connectivity index (χ1) is 18.3. The second-order valence-corrected chi connectivity index (χ2v) is 8.27. The molecular formula is C25H21ClN8O4. The zero-order valence-electron chi connectivity index (χ0n) is 20.3. The number of Topliss-reactive ketones (excluding diaryl/α,β-unsaturated/α-hetero) is 1. The van der Waals surface area contributed by atoms with Crippen LogP contribution in [0.15, 0.2) is 48.8 Å². The van der Waals surface area contributed by atoms with E-state index in [2.05, 4.69) is 30.5 Å². The lowest BCUT2D eigenvalue weighted by molar-refractivity contribution is -0.118. The highest BCUT2D eigenvalue weighted by atomic mass is 35.5. The van der Waals surface area contributed by atoms with E-state index in [1.807, 2.05) is 12.1 Å². The Morgan fingerprint density at radius 3 is 2.66 bits per heavy atom. The summed E-state index contributed by atoms with van der Waals surface area (Å²) in [5, 5.41) is 18.1. The average Bonchev–Trinajstić information content (AvgIpc) is 3.27. The van der Waals surface area contributed by atoms with E-state index in [-0.39, 0.29) is 36.4 Å². The highest BCUT2D eigenvalue weighted by Crippen LogP contribution is 2.28. The Labute approximate surface area is 221 Å². The molecule has 3 N–H and O–H groups in total. The molecule has 4 aromatic rings. The van der Waals surface area contributed by atoms with E-state index in [4.69, 9.17) is 21.8 Å². The molecule has 12 nitrogen and oxygen atoms in total. The van der Waals surface area contributed by atoms with Crippen molar-refractivity contribution >= 4 is 51.9 Å². The van der Waals surface area contributed by atoms with Gasteiger partial charge >= 0.3 is 0 Å². The predicted octanol–water partition coefficient (Wildman–Crippen LogP) is 2.95. The fourth-order valence-corrected chi connectivity index (χ4v) is 3.75. The fourth-order valence-electron chi connectivity index (χ4n) is 3.62. The highest BCUT2D eigenvalue weighted by Gasteiger charge is 2.20. The van der Waals surface area contributed by atoms with Crippen LogP contribution in [0.3, 0.4) is 0 Å². The van der Waals surface area contributed by atoms with Crippen LogP contribution in [0.5, 0.6) is 5.75 Å². The van der Waals surface area contributed by atoms with Crippen LogP contribution < -0.4 is 20.2 Å². The smallest absolute Gasteiger partial charge is 0.272 e. The molecule has 0 atom stereocenters. The second-order valence-electron chi connectivity index (χ2n) is 8.08. The molecule has 0 aliphatic carbocycles. The normalized spacial score (nSPS) is 11.7. The summed E-state index contributed by atoms with van der Waals surface area (Å²) in [5.41, 5.74) is 3.69. The van der Waals surface area contributed by atoms with Crippen molar-refractivity contribution in [2.75, 3.05) is 16.8 Å². The van der Waals surface area contributed by atoms with Crippen molar-refractivity contribution in [1.82, 2.24) is 25.1 Å². The first-order valence-electron chi connectivity index (χ1n) is 11.2. The first-order valence-corrected chi connectivity index (χ1v) is 11.6. The summed E-state index contributed by atoms with van der Waals surface area (Å²) >= 11 is 5.63. The Kier molecular flexibility index (Phi) is 7.79. The number of nitriles is 1. The van der Waals surface area contributed by atoms with Crippen molar-refractivity contribution in [1.29, 1.82) is 5.26 Å². The molecule has 1 aliphatic rings. The maximum absolute atomic E-state index is 12.6. The molecule has 2 aromatic carbocycles. The Morgan fingerprint density at radius 2 is 1.97 bits per heavy atom. The molecule has 38 heavy (non-hydrogen) atoms. The third-order valence-corrected chi connectivity index (χ3v) is 5.65. The summed E-state index contributed by atoms with van der Waals surface area (Å²) < 4.78 is 6.80. The van der Waals surface area contributed by atoms with Crippen LogP contribution >= 0.6 is 11.8 Å². The lowest BCUT2D eigenvalue weighted by atomic mass is 10.1. The van der Waals surface area contributed by atoms with E-state index in [0.717, 1.165) is 5.56 Å². The number of carbonyl (C=O) groups excluding carboxylic acids is 3.